The summed E-state index contributed by atoms with van der Waals surface area (Å²) in [6.07, 6.45) is 7.28. The van der Waals surface area contributed by atoms with Gasteiger partial charge in [0.25, 0.3) is 5.56 Å². The molecule has 1 aromatic carbocycles. The van der Waals surface area contributed by atoms with Crippen molar-refractivity contribution in [3.63, 3.8) is 0 Å². The molecule has 0 unspecified atom stereocenters. The number of benzene rings is 1. The van der Waals surface area contributed by atoms with E-state index in [0.717, 1.165) is 43.4 Å². The van der Waals surface area contributed by atoms with E-state index in [2.05, 4.69) is 10.4 Å². The van der Waals surface area contributed by atoms with Gasteiger partial charge in [-0.15, -0.1) is 0 Å². The number of methoxy groups -OCH3 is 1. The zero-order valence-corrected chi connectivity index (χ0v) is 18.9. The molecule has 2 atom stereocenters. The lowest BCUT2D eigenvalue weighted by Gasteiger charge is -2.61. The molecule has 0 amide bonds. The number of nitrogens with zero attached hydrogens (tertiary/aromatic N) is 2. The molecule has 4 saturated carbocycles. The van der Waals surface area contributed by atoms with Gasteiger partial charge in [-0.3, -0.25) is 9.59 Å². The summed E-state index contributed by atoms with van der Waals surface area (Å²) in [5.74, 6) is 0.918. The molecule has 32 heavy (non-hydrogen) atoms. The summed E-state index contributed by atoms with van der Waals surface area (Å²) in [6.45, 7) is 0.485. The maximum absolute atomic E-state index is 13.3. The van der Waals surface area contributed by atoms with E-state index < -0.39 is 11.5 Å². The van der Waals surface area contributed by atoms with E-state index in [-0.39, 0.29) is 22.4 Å². The summed E-state index contributed by atoms with van der Waals surface area (Å²) in [5, 5.41) is 17.4. The summed E-state index contributed by atoms with van der Waals surface area (Å²) < 4.78 is 6.84. The van der Waals surface area contributed by atoms with Gasteiger partial charge in [-0.1, -0.05) is 23.7 Å². The van der Waals surface area contributed by atoms with E-state index in [1.54, 1.807) is 18.0 Å². The first-order valence-corrected chi connectivity index (χ1v) is 11.6. The van der Waals surface area contributed by atoms with Crippen molar-refractivity contribution in [1.82, 2.24) is 9.78 Å². The third kappa shape index (κ3) is 3.66. The van der Waals surface area contributed by atoms with Crippen molar-refractivity contribution in [1.29, 1.82) is 0 Å². The SMILES string of the molecule is COc1cccc(CNc2cnn(C34C[C@H]5C[C@@H](CC(CC(=O)O)(C5)C3)C4)c(=O)c2Cl)c1. The summed E-state index contributed by atoms with van der Waals surface area (Å²) in [7, 11) is 1.62. The van der Waals surface area contributed by atoms with Crippen molar-refractivity contribution < 1.29 is 14.6 Å². The molecule has 2 aromatic rings. The Balaban J connectivity index is 1.42. The van der Waals surface area contributed by atoms with Gasteiger partial charge >= 0.3 is 5.97 Å². The Bertz CT molecular complexity index is 1100. The molecule has 4 bridgehead atoms. The Morgan fingerprint density at radius 3 is 2.75 bits per heavy atom. The van der Waals surface area contributed by atoms with Crippen LogP contribution in [-0.4, -0.2) is 28.0 Å². The second-order valence-corrected chi connectivity index (χ2v) is 10.4. The first-order chi connectivity index (χ1) is 15.3. The lowest BCUT2D eigenvalue weighted by Crippen LogP contribution is -2.59. The molecule has 0 aliphatic heterocycles. The monoisotopic (exact) mass is 457 g/mol. The fraction of sp³-hybridized carbons (Fsp3) is 0.542. The Hall–Kier alpha value is -2.54. The molecule has 4 fully saturated rings. The van der Waals surface area contributed by atoms with E-state index in [1.165, 1.54) is 0 Å². The van der Waals surface area contributed by atoms with Crippen LogP contribution in [0.1, 0.15) is 50.5 Å². The highest BCUT2D eigenvalue weighted by molar-refractivity contribution is 6.32. The van der Waals surface area contributed by atoms with Gasteiger partial charge in [0, 0.05) is 6.54 Å². The van der Waals surface area contributed by atoms with Crippen molar-refractivity contribution in [2.24, 2.45) is 17.3 Å². The van der Waals surface area contributed by atoms with Crippen LogP contribution in [0.5, 0.6) is 5.75 Å². The quantitative estimate of drug-likeness (QED) is 0.644. The van der Waals surface area contributed by atoms with Gasteiger partial charge in [-0.05, 0) is 73.5 Å². The van der Waals surface area contributed by atoms with Gasteiger partial charge in [-0.25, -0.2) is 4.68 Å². The van der Waals surface area contributed by atoms with Crippen molar-refractivity contribution in [2.75, 3.05) is 12.4 Å². The minimum atomic E-state index is -0.752. The number of aromatic nitrogens is 2. The van der Waals surface area contributed by atoms with Crippen molar-refractivity contribution in [3.05, 3.63) is 51.4 Å². The predicted octanol–water partition coefficient (Wildman–Crippen LogP) is 4.29. The van der Waals surface area contributed by atoms with Crippen LogP contribution in [-0.2, 0) is 16.9 Å². The number of anilines is 1. The molecule has 8 heteroatoms. The van der Waals surface area contributed by atoms with Crippen LogP contribution in [0.3, 0.4) is 0 Å². The van der Waals surface area contributed by atoms with Crippen LogP contribution in [0, 0.1) is 17.3 Å². The first-order valence-electron chi connectivity index (χ1n) is 11.2. The summed E-state index contributed by atoms with van der Waals surface area (Å²) in [5.41, 5.74) is 0.551. The molecule has 7 nitrogen and oxygen atoms in total. The van der Waals surface area contributed by atoms with Crippen molar-refractivity contribution in [2.45, 2.75) is 57.0 Å². The third-order valence-corrected chi connectivity index (χ3v) is 8.03. The van der Waals surface area contributed by atoms with E-state index in [1.807, 2.05) is 24.3 Å². The number of carboxylic acids is 1. The Morgan fingerprint density at radius 2 is 2.06 bits per heavy atom. The maximum Gasteiger partial charge on any atom is 0.303 e. The standard InChI is InChI=1S/C24H28ClN3O4/c1-32-18-4-2-3-15(6-18)12-26-19-13-27-28(22(31)21(19)25)24-9-16-5-17(10-24)8-23(7-16,14-24)11-20(29)30/h2-4,6,13,16-17,26H,5,7-12,14H2,1H3,(H,29,30)/t16-,17-,23?,24?/m0/s1. The third-order valence-electron chi connectivity index (χ3n) is 7.66. The fourth-order valence-corrected chi connectivity index (χ4v) is 7.25. The molecular weight excluding hydrogens is 430 g/mol. The van der Waals surface area contributed by atoms with Crippen LogP contribution in [0.2, 0.25) is 5.02 Å². The predicted molar refractivity (Wildman–Crippen MR) is 121 cm³/mol. The average Bonchev–Trinajstić information content (AvgIpc) is 2.73. The topological polar surface area (TPSA) is 93.4 Å². The number of ether oxygens (including phenoxy) is 1. The van der Waals surface area contributed by atoms with E-state index >= 15 is 0 Å². The largest absolute Gasteiger partial charge is 0.497 e. The Labute approximate surface area is 191 Å². The zero-order chi connectivity index (χ0) is 22.5. The van der Waals surface area contributed by atoms with Gasteiger partial charge in [0.1, 0.15) is 10.8 Å². The molecule has 2 N–H and O–H groups in total. The highest BCUT2D eigenvalue weighted by atomic mass is 35.5. The summed E-state index contributed by atoms with van der Waals surface area (Å²) in [4.78, 5) is 24.9. The number of hydrogen-bond acceptors (Lipinski definition) is 5. The molecule has 6 rings (SSSR count). The molecule has 170 valence electrons. The van der Waals surface area contributed by atoms with Gasteiger partial charge in [0.15, 0.2) is 0 Å². The smallest absolute Gasteiger partial charge is 0.303 e. The molecular formula is C24H28ClN3O4. The van der Waals surface area contributed by atoms with Crippen LogP contribution in [0.15, 0.2) is 35.3 Å². The molecule has 0 radical (unpaired) electrons. The van der Waals surface area contributed by atoms with Crippen LogP contribution in [0.25, 0.3) is 0 Å². The number of carboxylic acid groups (broad SMARTS) is 1. The number of aliphatic carboxylic acids is 1. The van der Waals surface area contributed by atoms with Gasteiger partial charge in [-0.2, -0.15) is 5.10 Å². The van der Waals surface area contributed by atoms with Gasteiger partial charge in [0.2, 0.25) is 0 Å². The van der Waals surface area contributed by atoms with Crippen molar-refractivity contribution >= 4 is 23.3 Å². The normalized spacial score (nSPS) is 30.3. The van der Waals surface area contributed by atoms with E-state index in [4.69, 9.17) is 16.3 Å². The number of nitrogens with one attached hydrogen (secondary N) is 1. The second-order valence-electron chi connectivity index (χ2n) is 10.1. The average molecular weight is 458 g/mol. The number of halogens is 1. The molecule has 4 aliphatic carbocycles. The fourth-order valence-electron chi connectivity index (χ4n) is 7.05. The number of hydrogen-bond donors (Lipinski definition) is 2. The van der Waals surface area contributed by atoms with E-state index in [9.17, 15) is 14.7 Å². The number of rotatable bonds is 7. The second kappa shape index (κ2) is 7.80. The number of carbonyl (C=O) groups is 1. The molecule has 4 aliphatic rings. The summed E-state index contributed by atoms with van der Waals surface area (Å²) in [6, 6.07) is 7.68. The van der Waals surface area contributed by atoms with Gasteiger partial charge < -0.3 is 15.2 Å². The highest BCUT2D eigenvalue weighted by Crippen LogP contribution is 2.65. The maximum atomic E-state index is 13.3. The molecule has 1 heterocycles. The minimum absolute atomic E-state index is 0.130. The van der Waals surface area contributed by atoms with Crippen LogP contribution in [0.4, 0.5) is 5.69 Å². The lowest BCUT2D eigenvalue weighted by molar-refractivity contribution is -0.151. The molecule has 0 spiro atoms. The lowest BCUT2D eigenvalue weighted by atomic mass is 9.46. The summed E-state index contributed by atoms with van der Waals surface area (Å²) >= 11 is 6.53. The minimum Gasteiger partial charge on any atom is -0.497 e. The molecule has 1 aromatic heterocycles. The first kappa shape index (κ1) is 21.3. The zero-order valence-electron chi connectivity index (χ0n) is 18.1. The Morgan fingerprint density at radius 1 is 1.31 bits per heavy atom. The molecule has 0 saturated heterocycles. The van der Waals surface area contributed by atoms with Gasteiger partial charge in [0.05, 0.1) is 31.0 Å². The van der Waals surface area contributed by atoms with Crippen molar-refractivity contribution in [3.8, 4) is 5.75 Å². The van der Waals surface area contributed by atoms with Crippen LogP contribution < -0.4 is 15.6 Å². The highest BCUT2D eigenvalue weighted by Gasteiger charge is 2.59. The van der Waals surface area contributed by atoms with Crippen LogP contribution >= 0.6 is 11.6 Å². The Kier molecular flexibility index (Phi) is 5.19. The van der Waals surface area contributed by atoms with E-state index in [0.29, 0.717) is 30.5 Å².